The highest BCUT2D eigenvalue weighted by Gasteiger charge is 2.01. The van der Waals surface area contributed by atoms with Crippen LogP contribution >= 0.6 is 23.1 Å². The Bertz CT molecular complexity index is 425. The molecule has 0 fully saturated rings. The van der Waals surface area contributed by atoms with Gasteiger partial charge in [0.15, 0.2) is 0 Å². The van der Waals surface area contributed by atoms with Crippen molar-refractivity contribution in [2.75, 3.05) is 11.6 Å². The van der Waals surface area contributed by atoms with Gasteiger partial charge in [-0.2, -0.15) is 0 Å². The lowest BCUT2D eigenvalue weighted by Crippen LogP contribution is -2.09. The van der Waals surface area contributed by atoms with Crippen molar-refractivity contribution < 1.29 is 0 Å². The molecule has 0 amide bonds. The maximum absolute atomic E-state index is 4.24. The van der Waals surface area contributed by atoms with E-state index in [9.17, 15) is 0 Å². The number of thiazole rings is 1. The van der Waals surface area contributed by atoms with Gasteiger partial charge in [-0.15, -0.1) is 23.1 Å². The van der Waals surface area contributed by atoms with Crippen LogP contribution in [0.5, 0.6) is 0 Å². The predicted octanol–water partition coefficient (Wildman–Crippen LogP) is 3.42. The van der Waals surface area contributed by atoms with Crippen molar-refractivity contribution in [3.05, 3.63) is 23.7 Å². The Morgan fingerprint density at radius 1 is 1.50 bits per heavy atom. The molecule has 1 N–H and O–H groups in total. The molecule has 1 unspecified atom stereocenters. The molecule has 0 spiro atoms. The zero-order chi connectivity index (χ0) is 9.97. The van der Waals surface area contributed by atoms with Crippen LogP contribution < -0.4 is 5.32 Å². The van der Waals surface area contributed by atoms with Crippen molar-refractivity contribution in [3.63, 3.8) is 0 Å². The molecule has 2 aromatic rings. The first-order valence-electron chi connectivity index (χ1n) is 4.42. The van der Waals surface area contributed by atoms with E-state index in [4.69, 9.17) is 0 Å². The van der Waals surface area contributed by atoms with E-state index in [1.807, 2.05) is 5.51 Å². The molecular weight excluding hydrogens is 212 g/mol. The number of hydrogen-bond acceptors (Lipinski definition) is 4. The summed E-state index contributed by atoms with van der Waals surface area (Å²) in [4.78, 5) is 4.24. The van der Waals surface area contributed by atoms with Crippen molar-refractivity contribution >= 4 is 39.0 Å². The molecular formula is C10H12N2S2. The smallest absolute Gasteiger partial charge is 0.0813 e. The van der Waals surface area contributed by atoms with E-state index in [-0.39, 0.29) is 0 Å². The molecule has 0 radical (unpaired) electrons. The topological polar surface area (TPSA) is 24.9 Å². The van der Waals surface area contributed by atoms with E-state index in [1.54, 1.807) is 23.1 Å². The first-order valence-corrected chi connectivity index (χ1v) is 6.59. The molecule has 14 heavy (non-hydrogen) atoms. The zero-order valence-electron chi connectivity index (χ0n) is 8.15. The maximum Gasteiger partial charge on any atom is 0.0813 e. The van der Waals surface area contributed by atoms with Crippen LogP contribution in [0.4, 0.5) is 5.69 Å². The van der Waals surface area contributed by atoms with Crippen LogP contribution in [0, 0.1) is 0 Å². The lowest BCUT2D eigenvalue weighted by molar-refractivity contribution is 1.13. The predicted molar refractivity (Wildman–Crippen MR) is 66.2 cm³/mol. The van der Waals surface area contributed by atoms with Gasteiger partial charge in [-0.05, 0) is 31.4 Å². The number of benzene rings is 1. The Hall–Kier alpha value is -0.740. The summed E-state index contributed by atoms with van der Waals surface area (Å²) in [7, 11) is 0. The lowest BCUT2D eigenvalue weighted by Gasteiger charge is -2.11. The van der Waals surface area contributed by atoms with Crippen LogP contribution in [0.25, 0.3) is 10.2 Å². The highest BCUT2D eigenvalue weighted by Crippen LogP contribution is 2.23. The van der Waals surface area contributed by atoms with E-state index >= 15 is 0 Å². The molecule has 1 aromatic carbocycles. The minimum absolute atomic E-state index is 0.445. The first-order chi connectivity index (χ1) is 6.79. The fourth-order valence-corrected chi connectivity index (χ4v) is 2.21. The van der Waals surface area contributed by atoms with Crippen LogP contribution in [0.15, 0.2) is 23.7 Å². The number of anilines is 1. The Morgan fingerprint density at radius 2 is 2.36 bits per heavy atom. The molecule has 0 aliphatic heterocycles. The number of thioether (sulfide) groups is 1. The Labute approximate surface area is 91.7 Å². The fraction of sp³-hybridized carbons (Fsp3) is 0.300. The molecule has 2 nitrogen and oxygen atoms in total. The number of aromatic nitrogens is 1. The van der Waals surface area contributed by atoms with Gasteiger partial charge in [0.1, 0.15) is 0 Å². The summed E-state index contributed by atoms with van der Waals surface area (Å²) in [6, 6.07) is 6.29. The van der Waals surface area contributed by atoms with Gasteiger partial charge in [0, 0.05) is 5.69 Å². The summed E-state index contributed by atoms with van der Waals surface area (Å²) in [5.74, 6) is 0. The third-order valence-corrected chi connectivity index (χ3v) is 3.67. The number of nitrogens with one attached hydrogen (secondary N) is 1. The molecule has 0 saturated heterocycles. The summed E-state index contributed by atoms with van der Waals surface area (Å²) in [5.41, 5.74) is 4.13. The van der Waals surface area contributed by atoms with Gasteiger partial charge in [-0.1, -0.05) is 0 Å². The van der Waals surface area contributed by atoms with Crippen molar-refractivity contribution in [2.24, 2.45) is 0 Å². The number of hydrogen-bond donors (Lipinski definition) is 1. The number of rotatable bonds is 3. The standard InChI is InChI=1S/C10H12N2S2/c1-7(13-2)12-8-3-4-9-10(5-8)14-6-11-9/h3-7,12H,1-2H3. The van der Waals surface area contributed by atoms with E-state index in [2.05, 4.69) is 41.7 Å². The largest absolute Gasteiger partial charge is 0.374 e. The Kier molecular flexibility index (Phi) is 2.93. The maximum atomic E-state index is 4.24. The monoisotopic (exact) mass is 224 g/mol. The van der Waals surface area contributed by atoms with E-state index < -0.39 is 0 Å². The average Bonchev–Trinajstić information content (AvgIpc) is 2.64. The second-order valence-electron chi connectivity index (χ2n) is 3.06. The van der Waals surface area contributed by atoms with Crippen LogP contribution in [0.1, 0.15) is 6.92 Å². The van der Waals surface area contributed by atoms with Crippen molar-refractivity contribution in [1.29, 1.82) is 0 Å². The average molecular weight is 224 g/mol. The van der Waals surface area contributed by atoms with Gasteiger partial charge >= 0.3 is 0 Å². The van der Waals surface area contributed by atoms with Gasteiger partial charge in [0.2, 0.25) is 0 Å². The van der Waals surface area contributed by atoms with Gasteiger partial charge in [0.25, 0.3) is 0 Å². The zero-order valence-corrected chi connectivity index (χ0v) is 9.78. The van der Waals surface area contributed by atoms with E-state index in [0.717, 1.165) is 5.52 Å². The van der Waals surface area contributed by atoms with Gasteiger partial charge in [0.05, 0.1) is 21.1 Å². The normalized spacial score (nSPS) is 13.0. The fourth-order valence-electron chi connectivity index (χ4n) is 1.24. The van der Waals surface area contributed by atoms with Gasteiger partial charge in [-0.3, -0.25) is 0 Å². The summed E-state index contributed by atoms with van der Waals surface area (Å²) in [6.45, 7) is 2.15. The molecule has 74 valence electrons. The van der Waals surface area contributed by atoms with Crippen LogP contribution in [-0.4, -0.2) is 16.6 Å². The number of fused-ring (bicyclic) bond motifs is 1. The second kappa shape index (κ2) is 4.19. The molecule has 0 aliphatic carbocycles. The van der Waals surface area contributed by atoms with Gasteiger partial charge in [-0.25, -0.2) is 4.98 Å². The Balaban J connectivity index is 2.25. The molecule has 0 bridgehead atoms. The summed E-state index contributed by atoms with van der Waals surface area (Å²) >= 11 is 3.48. The molecule has 1 heterocycles. The van der Waals surface area contributed by atoms with Crippen LogP contribution in [0.3, 0.4) is 0 Å². The molecule has 2 rings (SSSR count). The summed E-state index contributed by atoms with van der Waals surface area (Å²) < 4.78 is 1.24. The molecule has 1 aromatic heterocycles. The summed E-state index contributed by atoms with van der Waals surface area (Å²) in [5, 5.41) is 3.86. The Morgan fingerprint density at radius 3 is 3.14 bits per heavy atom. The number of nitrogens with zero attached hydrogens (tertiary/aromatic N) is 1. The third-order valence-electron chi connectivity index (χ3n) is 2.05. The minimum atomic E-state index is 0.445. The SMILES string of the molecule is CSC(C)Nc1ccc2ncsc2c1. The summed E-state index contributed by atoms with van der Waals surface area (Å²) in [6.07, 6.45) is 2.10. The van der Waals surface area contributed by atoms with Crippen LogP contribution in [0.2, 0.25) is 0 Å². The first kappa shape index (κ1) is 9.80. The molecule has 0 saturated carbocycles. The second-order valence-corrected chi connectivity index (χ2v) is 5.12. The molecule has 1 atom stereocenters. The highest BCUT2D eigenvalue weighted by molar-refractivity contribution is 7.99. The quantitative estimate of drug-likeness (QED) is 0.809. The van der Waals surface area contributed by atoms with Crippen LogP contribution in [-0.2, 0) is 0 Å². The van der Waals surface area contributed by atoms with E-state index in [1.165, 1.54) is 10.4 Å². The molecule has 4 heteroatoms. The minimum Gasteiger partial charge on any atom is -0.374 e. The lowest BCUT2D eigenvalue weighted by atomic mass is 10.3. The third kappa shape index (κ3) is 2.01. The van der Waals surface area contributed by atoms with Crippen molar-refractivity contribution in [3.8, 4) is 0 Å². The van der Waals surface area contributed by atoms with Gasteiger partial charge < -0.3 is 5.32 Å². The van der Waals surface area contributed by atoms with Crippen molar-refractivity contribution in [2.45, 2.75) is 12.3 Å². The van der Waals surface area contributed by atoms with Crippen molar-refractivity contribution in [1.82, 2.24) is 4.98 Å². The highest BCUT2D eigenvalue weighted by atomic mass is 32.2. The molecule has 0 aliphatic rings. The van der Waals surface area contributed by atoms with E-state index in [0.29, 0.717) is 5.37 Å².